The van der Waals surface area contributed by atoms with E-state index in [1.54, 1.807) is 7.05 Å². The molecule has 1 aromatic heterocycles. The molecular weight excluding hydrogens is 532 g/mol. The molecule has 41 heavy (non-hydrogen) atoms. The van der Waals surface area contributed by atoms with Crippen molar-refractivity contribution in [3.8, 4) is 0 Å². The number of aromatic amines is 1. The average Bonchev–Trinajstić information content (AvgIpc) is 3.75. The van der Waals surface area contributed by atoms with Crippen molar-refractivity contribution in [2.24, 2.45) is 22.2 Å². The van der Waals surface area contributed by atoms with Gasteiger partial charge in [-0.25, -0.2) is 0 Å². The molecule has 0 radical (unpaired) electrons. The highest BCUT2D eigenvalue weighted by atomic mass is 32.2. The smallest absolute Gasteiger partial charge is 0.225 e. The van der Waals surface area contributed by atoms with Crippen LogP contribution < -0.4 is 5.32 Å². The van der Waals surface area contributed by atoms with Gasteiger partial charge in [0.05, 0.1) is 28.6 Å². The van der Waals surface area contributed by atoms with Gasteiger partial charge in [0.1, 0.15) is 5.84 Å². The Hall–Kier alpha value is -2.39. The number of carbonyl (C=O) groups excluding carboxylic acids is 2. The predicted molar refractivity (Wildman–Crippen MR) is 169 cm³/mol. The maximum absolute atomic E-state index is 13.4. The number of aldehydes is 1. The Morgan fingerprint density at radius 3 is 2.61 bits per heavy atom. The van der Waals surface area contributed by atoms with Crippen LogP contribution in [0.5, 0.6) is 0 Å². The topological polar surface area (TPSA) is 93.7 Å². The molecule has 3 unspecified atom stereocenters. The number of likely N-dealkylation sites (tertiary alicyclic amines) is 1. The van der Waals surface area contributed by atoms with Gasteiger partial charge < -0.3 is 10.2 Å². The summed E-state index contributed by atoms with van der Waals surface area (Å²) in [6.45, 7) is 14.7. The molecule has 2 fully saturated rings. The number of amidine groups is 1. The standard InChI is InChI=1S/C32H50N6O2S/c1-7-22(3)13-16-38(31(40)24-9-10-24)29(8-2)32(5)14-17-37(18-15-32)20-30(33-6)35-26-11-12-27(41-28(26)21-39)25-19-34-36-23(25)4/h11-12,19,21-22,24,27,29H,7-10,13-18,20H2,1-6H3,(H,33,35)(H,34,36). The fraction of sp³-hybridized carbons (Fsp3) is 0.688. The fourth-order valence-corrected chi connectivity index (χ4v) is 7.34. The van der Waals surface area contributed by atoms with Crippen LogP contribution >= 0.6 is 11.8 Å². The molecule has 0 bridgehead atoms. The minimum Gasteiger partial charge on any atom is -0.342 e. The van der Waals surface area contributed by atoms with Crippen molar-refractivity contribution in [1.29, 1.82) is 0 Å². The number of hydrogen-bond acceptors (Lipinski definition) is 6. The first-order chi connectivity index (χ1) is 19.7. The third kappa shape index (κ3) is 7.72. The highest BCUT2D eigenvalue weighted by Crippen LogP contribution is 2.42. The van der Waals surface area contributed by atoms with E-state index < -0.39 is 0 Å². The molecule has 1 aromatic rings. The Bertz CT molecular complexity index is 1140. The van der Waals surface area contributed by atoms with Crippen LogP contribution in [0.3, 0.4) is 0 Å². The second-order valence-electron chi connectivity index (χ2n) is 12.5. The molecule has 0 aromatic carbocycles. The van der Waals surface area contributed by atoms with E-state index in [1.165, 1.54) is 11.8 Å². The number of aryl methyl sites for hydroxylation is 1. The van der Waals surface area contributed by atoms with E-state index in [4.69, 9.17) is 0 Å². The van der Waals surface area contributed by atoms with Crippen molar-refractivity contribution in [2.75, 3.05) is 33.2 Å². The molecule has 9 heteroatoms. The Labute approximate surface area is 250 Å². The predicted octanol–water partition coefficient (Wildman–Crippen LogP) is 5.65. The van der Waals surface area contributed by atoms with Crippen molar-refractivity contribution in [3.63, 3.8) is 0 Å². The molecule has 2 aliphatic heterocycles. The van der Waals surface area contributed by atoms with Crippen molar-refractivity contribution < 1.29 is 9.59 Å². The van der Waals surface area contributed by atoms with E-state index in [9.17, 15) is 9.59 Å². The lowest BCUT2D eigenvalue weighted by molar-refractivity contribution is -0.139. The molecule has 1 saturated heterocycles. The first-order valence-electron chi connectivity index (χ1n) is 15.5. The molecule has 1 aliphatic carbocycles. The number of H-pyrrole nitrogens is 1. The Morgan fingerprint density at radius 2 is 2.05 bits per heavy atom. The number of carbonyl (C=O) groups is 2. The van der Waals surface area contributed by atoms with Gasteiger partial charge in [-0.15, -0.1) is 11.8 Å². The zero-order valence-corrected chi connectivity index (χ0v) is 26.7. The lowest BCUT2D eigenvalue weighted by Gasteiger charge is -2.48. The van der Waals surface area contributed by atoms with E-state index in [-0.39, 0.29) is 22.6 Å². The number of nitrogens with zero attached hydrogens (tertiary/aromatic N) is 4. The monoisotopic (exact) mass is 582 g/mol. The van der Waals surface area contributed by atoms with Crippen molar-refractivity contribution in [1.82, 2.24) is 25.3 Å². The van der Waals surface area contributed by atoms with Crippen LogP contribution in [0.4, 0.5) is 0 Å². The summed E-state index contributed by atoms with van der Waals surface area (Å²) in [5.74, 6) is 2.16. The van der Waals surface area contributed by atoms with Crippen LogP contribution in [-0.4, -0.2) is 77.3 Å². The van der Waals surface area contributed by atoms with E-state index >= 15 is 0 Å². The molecule has 3 atom stereocenters. The zero-order valence-electron chi connectivity index (χ0n) is 25.9. The van der Waals surface area contributed by atoms with Gasteiger partial charge >= 0.3 is 0 Å². The lowest BCUT2D eigenvalue weighted by Crippen LogP contribution is -2.54. The number of aliphatic imine (C=N–C) groups is 1. The molecule has 226 valence electrons. The van der Waals surface area contributed by atoms with Crippen LogP contribution in [0.15, 0.2) is 33.9 Å². The number of aromatic nitrogens is 2. The molecular formula is C32H50N6O2S. The third-order valence-corrected chi connectivity index (χ3v) is 10.7. The van der Waals surface area contributed by atoms with Gasteiger partial charge in [-0.05, 0) is 75.9 Å². The number of rotatable bonds is 13. The van der Waals surface area contributed by atoms with Gasteiger partial charge in [0, 0.05) is 36.8 Å². The van der Waals surface area contributed by atoms with Gasteiger partial charge in [0.25, 0.3) is 0 Å². The molecule has 4 rings (SSSR count). The molecule has 2 N–H and O–H groups in total. The van der Waals surface area contributed by atoms with E-state index in [0.29, 0.717) is 23.3 Å². The minimum atomic E-state index is 0.0596. The third-order valence-electron chi connectivity index (χ3n) is 9.50. The fourth-order valence-electron chi connectivity index (χ4n) is 6.24. The van der Waals surface area contributed by atoms with Crippen LogP contribution in [0, 0.1) is 24.2 Å². The van der Waals surface area contributed by atoms with Gasteiger partial charge in [-0.3, -0.25) is 24.6 Å². The SMILES string of the molecule is CCC(C)CCN(C(=O)C1CC1)C(CC)C1(C)CCN(CC(=NC)NC2=C(C=O)SC(c3cn[nH]c3C)C=C2)CC1. The number of amides is 1. The Balaban J connectivity index is 1.36. The molecule has 1 saturated carbocycles. The zero-order chi connectivity index (χ0) is 29.6. The molecule has 3 aliphatic rings. The van der Waals surface area contributed by atoms with Crippen molar-refractivity contribution in [2.45, 2.75) is 90.9 Å². The summed E-state index contributed by atoms with van der Waals surface area (Å²) in [6, 6.07) is 0.288. The molecule has 8 nitrogen and oxygen atoms in total. The van der Waals surface area contributed by atoms with Crippen LogP contribution in [0.25, 0.3) is 0 Å². The van der Waals surface area contributed by atoms with Gasteiger partial charge in [0.15, 0.2) is 6.29 Å². The molecule has 3 heterocycles. The van der Waals surface area contributed by atoms with Crippen LogP contribution in [-0.2, 0) is 9.59 Å². The van der Waals surface area contributed by atoms with E-state index in [2.05, 4.69) is 64.1 Å². The second-order valence-corrected chi connectivity index (χ2v) is 13.7. The van der Waals surface area contributed by atoms with Crippen molar-refractivity contribution in [3.05, 3.63) is 40.2 Å². The van der Waals surface area contributed by atoms with Gasteiger partial charge in [-0.2, -0.15) is 5.10 Å². The summed E-state index contributed by atoms with van der Waals surface area (Å²) in [6.07, 6.45) is 14.4. The first-order valence-corrected chi connectivity index (χ1v) is 16.4. The maximum Gasteiger partial charge on any atom is 0.225 e. The number of thioether (sulfide) groups is 1. The molecule has 0 spiro atoms. The lowest BCUT2D eigenvalue weighted by atomic mass is 9.72. The van der Waals surface area contributed by atoms with E-state index in [1.807, 2.05) is 19.2 Å². The first kappa shape index (κ1) is 31.5. The number of hydrogen-bond donors (Lipinski definition) is 2. The highest BCUT2D eigenvalue weighted by Gasteiger charge is 2.44. The van der Waals surface area contributed by atoms with Crippen LogP contribution in [0.2, 0.25) is 0 Å². The molecule has 1 amide bonds. The highest BCUT2D eigenvalue weighted by molar-refractivity contribution is 8.04. The van der Waals surface area contributed by atoms with Gasteiger partial charge in [-0.1, -0.05) is 40.2 Å². The summed E-state index contributed by atoms with van der Waals surface area (Å²) in [4.78, 5) is 35.4. The second kappa shape index (κ2) is 14.2. The Morgan fingerprint density at radius 1 is 1.32 bits per heavy atom. The summed E-state index contributed by atoms with van der Waals surface area (Å²) < 4.78 is 0. The normalized spacial score (nSPS) is 22.9. The van der Waals surface area contributed by atoms with E-state index in [0.717, 1.165) is 93.7 Å². The average molecular weight is 583 g/mol. The summed E-state index contributed by atoms with van der Waals surface area (Å²) in [5, 5.41) is 10.6. The Kier molecular flexibility index (Phi) is 10.9. The summed E-state index contributed by atoms with van der Waals surface area (Å²) >= 11 is 1.54. The van der Waals surface area contributed by atoms with Gasteiger partial charge in [0.2, 0.25) is 5.91 Å². The number of piperidine rings is 1. The number of allylic oxidation sites excluding steroid dienone is 2. The maximum atomic E-state index is 13.4. The number of nitrogens with one attached hydrogen (secondary N) is 2. The quantitative estimate of drug-likeness (QED) is 0.177. The summed E-state index contributed by atoms with van der Waals surface area (Å²) in [5.41, 5.74) is 3.01. The largest absolute Gasteiger partial charge is 0.342 e. The summed E-state index contributed by atoms with van der Waals surface area (Å²) in [7, 11) is 1.81. The van der Waals surface area contributed by atoms with Crippen LogP contribution in [0.1, 0.15) is 89.1 Å². The van der Waals surface area contributed by atoms with Crippen molar-refractivity contribution >= 4 is 29.8 Å². The minimum absolute atomic E-state index is 0.0596.